The predicted molar refractivity (Wildman–Crippen MR) is 103 cm³/mol. The Morgan fingerprint density at radius 1 is 1.30 bits per heavy atom. The van der Waals surface area contributed by atoms with Crippen molar-refractivity contribution < 1.29 is 13.9 Å². The number of rotatable bonds is 6. The van der Waals surface area contributed by atoms with Crippen molar-refractivity contribution in [3.63, 3.8) is 0 Å². The lowest BCUT2D eigenvalue weighted by Crippen LogP contribution is -2.49. The van der Waals surface area contributed by atoms with E-state index in [1.165, 1.54) is 23.4 Å². The Hall–Kier alpha value is -1.32. The first kappa shape index (κ1) is 23.7. The molecule has 0 saturated carbocycles. The first-order valence-electron chi connectivity index (χ1n) is 8.39. The summed E-state index contributed by atoms with van der Waals surface area (Å²) in [6.07, 6.45) is 4.75. The molecule has 0 bridgehead atoms. The van der Waals surface area contributed by atoms with Gasteiger partial charge in [-0.15, -0.1) is 24.8 Å². The number of piperidine rings is 1. The minimum absolute atomic E-state index is 0. The maximum Gasteiger partial charge on any atom is 0.137 e. The van der Waals surface area contributed by atoms with Gasteiger partial charge >= 0.3 is 0 Å². The molecule has 10 heteroatoms. The maximum absolute atomic E-state index is 14.4. The number of aromatic nitrogens is 3. The molecule has 0 spiro atoms. The molecule has 1 aliphatic heterocycles. The van der Waals surface area contributed by atoms with Gasteiger partial charge in [0.2, 0.25) is 0 Å². The van der Waals surface area contributed by atoms with Crippen LogP contribution in [0.25, 0.3) is 0 Å². The summed E-state index contributed by atoms with van der Waals surface area (Å²) in [4.78, 5) is 5.91. The third-order valence-electron chi connectivity index (χ3n) is 4.77. The van der Waals surface area contributed by atoms with Gasteiger partial charge in [-0.2, -0.15) is 5.10 Å². The Kier molecular flexibility index (Phi) is 9.04. The number of likely N-dealkylation sites (N-methyl/N-ethyl adjacent to an activating group) is 1. The van der Waals surface area contributed by atoms with Crippen LogP contribution in [0.1, 0.15) is 18.4 Å². The minimum atomic E-state index is -1.55. The van der Waals surface area contributed by atoms with E-state index in [1.807, 2.05) is 11.9 Å². The number of nitrogens with zero attached hydrogens (tertiary/aromatic N) is 4. The van der Waals surface area contributed by atoms with Gasteiger partial charge in [0.05, 0.1) is 6.54 Å². The van der Waals surface area contributed by atoms with Gasteiger partial charge in [-0.1, -0.05) is 6.07 Å². The molecule has 1 saturated heterocycles. The van der Waals surface area contributed by atoms with Crippen LogP contribution in [0.3, 0.4) is 0 Å². The van der Waals surface area contributed by atoms with Crippen molar-refractivity contribution in [3.8, 4) is 0 Å². The average molecular weight is 424 g/mol. The lowest BCUT2D eigenvalue weighted by atomic mass is 9.91. The van der Waals surface area contributed by atoms with E-state index in [2.05, 4.69) is 15.4 Å². The smallest absolute Gasteiger partial charge is 0.137 e. The van der Waals surface area contributed by atoms with E-state index in [0.29, 0.717) is 6.04 Å². The Labute approximate surface area is 169 Å². The van der Waals surface area contributed by atoms with Crippen molar-refractivity contribution in [2.24, 2.45) is 0 Å². The Morgan fingerprint density at radius 3 is 2.59 bits per heavy atom. The first-order valence-corrected chi connectivity index (χ1v) is 8.39. The van der Waals surface area contributed by atoms with Crippen molar-refractivity contribution in [3.05, 3.63) is 48.1 Å². The molecule has 1 aliphatic rings. The molecule has 3 rings (SSSR count). The molecule has 0 amide bonds. The molecule has 2 N–H and O–H groups in total. The van der Waals surface area contributed by atoms with Crippen LogP contribution in [0.15, 0.2) is 30.9 Å². The Morgan fingerprint density at radius 2 is 2.00 bits per heavy atom. The molecule has 152 valence electrons. The topological polar surface area (TPSA) is 66.2 Å². The zero-order chi connectivity index (χ0) is 17.9. The third-order valence-corrected chi connectivity index (χ3v) is 4.77. The van der Waals surface area contributed by atoms with E-state index in [9.17, 15) is 13.9 Å². The zero-order valence-electron chi connectivity index (χ0n) is 15.0. The van der Waals surface area contributed by atoms with Crippen molar-refractivity contribution in [1.29, 1.82) is 0 Å². The number of aliphatic hydroxyl groups is 1. The Balaban J connectivity index is 0.00000182. The number of hydrogen-bond acceptors (Lipinski definition) is 5. The molecule has 1 aromatic carbocycles. The SMILES string of the molecule is CN(CC(O)(Cn1cncn1)c1ccc(F)cc1F)C1CCNCC1.Cl.Cl. The Bertz CT molecular complexity index is 701. The molecule has 0 radical (unpaired) electrons. The summed E-state index contributed by atoms with van der Waals surface area (Å²) >= 11 is 0. The quantitative estimate of drug-likeness (QED) is 0.743. The van der Waals surface area contributed by atoms with Crippen LogP contribution in [0.4, 0.5) is 8.78 Å². The van der Waals surface area contributed by atoms with Gasteiger partial charge in [0, 0.05) is 24.2 Å². The fourth-order valence-corrected chi connectivity index (χ4v) is 3.46. The van der Waals surface area contributed by atoms with Crippen molar-refractivity contribution >= 4 is 24.8 Å². The molecule has 27 heavy (non-hydrogen) atoms. The second-order valence-corrected chi connectivity index (χ2v) is 6.65. The summed E-state index contributed by atoms with van der Waals surface area (Å²) in [5.74, 6) is -1.43. The monoisotopic (exact) mass is 423 g/mol. The summed E-state index contributed by atoms with van der Waals surface area (Å²) in [6.45, 7) is 2.08. The van der Waals surface area contributed by atoms with Crippen molar-refractivity contribution in [2.45, 2.75) is 31.0 Å². The molecule has 1 unspecified atom stereocenters. The highest BCUT2D eigenvalue weighted by Gasteiger charge is 2.36. The first-order chi connectivity index (χ1) is 12.0. The summed E-state index contributed by atoms with van der Waals surface area (Å²) in [5.41, 5.74) is -1.49. The van der Waals surface area contributed by atoms with Crippen LogP contribution in [0.2, 0.25) is 0 Å². The average Bonchev–Trinajstić information content (AvgIpc) is 3.08. The number of hydrogen-bond donors (Lipinski definition) is 2. The lowest BCUT2D eigenvalue weighted by molar-refractivity contribution is -0.0276. The van der Waals surface area contributed by atoms with E-state index in [1.54, 1.807) is 0 Å². The van der Waals surface area contributed by atoms with Gasteiger partial charge in [-0.05, 0) is 39.0 Å². The van der Waals surface area contributed by atoms with E-state index < -0.39 is 17.2 Å². The minimum Gasteiger partial charge on any atom is -0.382 e. The predicted octanol–water partition coefficient (Wildman–Crippen LogP) is 1.97. The summed E-state index contributed by atoms with van der Waals surface area (Å²) < 4.78 is 29.2. The van der Waals surface area contributed by atoms with Crippen LogP contribution in [-0.4, -0.2) is 57.5 Å². The van der Waals surface area contributed by atoms with Gasteiger partial charge in [-0.25, -0.2) is 18.4 Å². The van der Waals surface area contributed by atoms with Gasteiger partial charge in [-0.3, -0.25) is 0 Å². The van der Waals surface area contributed by atoms with E-state index in [-0.39, 0.29) is 43.5 Å². The summed E-state index contributed by atoms with van der Waals surface area (Å²) in [6, 6.07) is 3.56. The fraction of sp³-hybridized carbons (Fsp3) is 0.529. The number of nitrogens with one attached hydrogen (secondary N) is 1. The van der Waals surface area contributed by atoms with Crippen LogP contribution in [0.5, 0.6) is 0 Å². The molecule has 6 nitrogen and oxygen atoms in total. The van der Waals surface area contributed by atoms with Gasteiger partial charge in [0.25, 0.3) is 0 Å². The molecule has 1 aromatic heterocycles. The van der Waals surface area contributed by atoms with Crippen LogP contribution in [-0.2, 0) is 12.1 Å². The van der Waals surface area contributed by atoms with Crippen molar-refractivity contribution in [2.75, 3.05) is 26.7 Å². The molecule has 1 fully saturated rings. The lowest BCUT2D eigenvalue weighted by Gasteiger charge is -2.38. The highest BCUT2D eigenvalue weighted by atomic mass is 35.5. The second-order valence-electron chi connectivity index (χ2n) is 6.65. The summed E-state index contributed by atoms with van der Waals surface area (Å²) in [7, 11) is 1.92. The molecule has 0 aliphatic carbocycles. The van der Waals surface area contributed by atoms with Crippen LogP contribution >= 0.6 is 24.8 Å². The molecule has 1 atom stereocenters. The van der Waals surface area contributed by atoms with Crippen LogP contribution in [0, 0.1) is 11.6 Å². The summed E-state index contributed by atoms with van der Waals surface area (Å²) in [5, 5.41) is 18.6. The van der Waals surface area contributed by atoms with E-state index in [4.69, 9.17) is 0 Å². The second kappa shape index (κ2) is 10.3. The highest BCUT2D eigenvalue weighted by Crippen LogP contribution is 2.28. The van der Waals surface area contributed by atoms with Gasteiger partial charge in [0.15, 0.2) is 0 Å². The number of benzene rings is 1. The molecule has 2 heterocycles. The third kappa shape index (κ3) is 5.83. The van der Waals surface area contributed by atoms with Crippen LogP contribution < -0.4 is 5.32 Å². The fourth-order valence-electron chi connectivity index (χ4n) is 3.46. The molecule has 2 aromatic rings. The normalized spacial score (nSPS) is 17.1. The highest BCUT2D eigenvalue weighted by molar-refractivity contribution is 5.85. The zero-order valence-corrected chi connectivity index (χ0v) is 16.6. The maximum atomic E-state index is 14.4. The largest absolute Gasteiger partial charge is 0.382 e. The van der Waals surface area contributed by atoms with Gasteiger partial charge in [0.1, 0.15) is 29.9 Å². The standard InChI is InChI=1S/C17H23F2N5O.2ClH/c1-23(14-4-6-20-7-5-14)9-17(25,10-24-12-21-11-22-24)15-3-2-13(18)8-16(15)19;;/h2-3,8,11-12,14,20,25H,4-7,9-10H2,1H3;2*1H. The molecular formula is C17H25Cl2F2N5O. The molecular weight excluding hydrogens is 399 g/mol. The number of halogens is 4. The van der Waals surface area contributed by atoms with Crippen molar-refractivity contribution in [1.82, 2.24) is 25.0 Å². The van der Waals surface area contributed by atoms with E-state index in [0.717, 1.165) is 38.1 Å². The van der Waals surface area contributed by atoms with E-state index >= 15 is 0 Å². The van der Waals surface area contributed by atoms with Gasteiger partial charge < -0.3 is 15.3 Å².